The Morgan fingerprint density at radius 3 is 2.53 bits per heavy atom. The van der Waals surface area contributed by atoms with Gasteiger partial charge in [0.05, 0.1) is 10.7 Å². The molecule has 2 nitrogen and oxygen atoms in total. The first-order valence-electron chi connectivity index (χ1n) is 7.35. The Balaban J connectivity index is 2.03. The summed E-state index contributed by atoms with van der Waals surface area (Å²) in [5, 5.41) is 0.869. The zero-order valence-electron chi connectivity index (χ0n) is 12.0. The van der Waals surface area contributed by atoms with Crippen molar-refractivity contribution in [3.63, 3.8) is 0 Å². The summed E-state index contributed by atoms with van der Waals surface area (Å²) in [6.45, 7) is 7.58. The molecule has 1 fully saturated rings. The second kappa shape index (κ2) is 6.62. The number of piperidine rings is 1. The fraction of sp³-hybridized carbons (Fsp3) is 0.625. The van der Waals surface area contributed by atoms with Gasteiger partial charge in [-0.1, -0.05) is 31.5 Å². The summed E-state index contributed by atoms with van der Waals surface area (Å²) in [4.78, 5) is 2.42. The standard InChI is InChI=1S/C16H25ClN2/c1-12(2)14-6-9-19(10-7-14)16-4-3-13(5-8-18)11-15(16)17/h3-4,11-12,14H,5-10,18H2,1-2H3. The Morgan fingerprint density at radius 1 is 1.32 bits per heavy atom. The van der Waals surface area contributed by atoms with E-state index < -0.39 is 0 Å². The van der Waals surface area contributed by atoms with Crippen LogP contribution in [0.4, 0.5) is 5.69 Å². The summed E-state index contributed by atoms with van der Waals surface area (Å²) in [6.07, 6.45) is 3.45. The molecule has 0 radical (unpaired) electrons. The number of rotatable bonds is 4. The van der Waals surface area contributed by atoms with Crippen LogP contribution < -0.4 is 10.6 Å². The highest BCUT2D eigenvalue weighted by Gasteiger charge is 2.22. The molecule has 3 heteroatoms. The van der Waals surface area contributed by atoms with Crippen molar-refractivity contribution in [3.05, 3.63) is 28.8 Å². The van der Waals surface area contributed by atoms with Crippen molar-refractivity contribution in [1.82, 2.24) is 0 Å². The first kappa shape index (κ1) is 14.7. The maximum absolute atomic E-state index is 6.41. The molecule has 1 aliphatic heterocycles. The molecule has 2 rings (SSSR count). The van der Waals surface area contributed by atoms with Gasteiger partial charge in [0.2, 0.25) is 0 Å². The lowest BCUT2D eigenvalue weighted by atomic mass is 9.86. The van der Waals surface area contributed by atoms with Gasteiger partial charge in [0.1, 0.15) is 0 Å². The van der Waals surface area contributed by atoms with Gasteiger partial charge in [0.25, 0.3) is 0 Å². The monoisotopic (exact) mass is 280 g/mol. The van der Waals surface area contributed by atoms with Crippen LogP contribution >= 0.6 is 11.6 Å². The Labute approximate surface area is 121 Å². The van der Waals surface area contributed by atoms with E-state index in [1.807, 2.05) is 0 Å². The van der Waals surface area contributed by atoms with Gasteiger partial charge in [-0.05, 0) is 55.3 Å². The van der Waals surface area contributed by atoms with Gasteiger partial charge in [-0.15, -0.1) is 0 Å². The molecule has 0 aromatic heterocycles. The zero-order valence-corrected chi connectivity index (χ0v) is 12.8. The Bertz CT molecular complexity index is 409. The molecule has 106 valence electrons. The van der Waals surface area contributed by atoms with E-state index in [2.05, 4.69) is 36.9 Å². The third kappa shape index (κ3) is 3.64. The summed E-state index contributed by atoms with van der Waals surface area (Å²) >= 11 is 6.41. The van der Waals surface area contributed by atoms with Gasteiger partial charge in [0.15, 0.2) is 0 Å². The third-order valence-corrected chi connectivity index (χ3v) is 4.57. The van der Waals surface area contributed by atoms with Crippen molar-refractivity contribution >= 4 is 17.3 Å². The third-order valence-electron chi connectivity index (χ3n) is 4.27. The van der Waals surface area contributed by atoms with Crippen LogP contribution in [0.3, 0.4) is 0 Å². The molecule has 0 aliphatic carbocycles. The summed E-state index contributed by atoms with van der Waals surface area (Å²) in [5.74, 6) is 1.66. The van der Waals surface area contributed by atoms with Crippen LogP contribution in [0.25, 0.3) is 0 Å². The average Bonchev–Trinajstić information content (AvgIpc) is 2.39. The lowest BCUT2D eigenvalue weighted by molar-refractivity contribution is 0.311. The maximum Gasteiger partial charge on any atom is 0.0642 e. The molecule has 0 unspecified atom stereocenters. The molecule has 0 atom stereocenters. The van der Waals surface area contributed by atoms with Crippen molar-refractivity contribution < 1.29 is 0 Å². The van der Waals surface area contributed by atoms with E-state index in [9.17, 15) is 0 Å². The van der Waals surface area contributed by atoms with Crippen molar-refractivity contribution in [2.24, 2.45) is 17.6 Å². The molecular formula is C16H25ClN2. The second-order valence-corrected chi connectivity index (χ2v) is 6.30. The number of nitrogens with zero attached hydrogens (tertiary/aromatic N) is 1. The number of hydrogen-bond acceptors (Lipinski definition) is 2. The molecule has 0 bridgehead atoms. The van der Waals surface area contributed by atoms with Crippen LogP contribution in [0.15, 0.2) is 18.2 Å². The van der Waals surface area contributed by atoms with Gasteiger partial charge in [0, 0.05) is 13.1 Å². The van der Waals surface area contributed by atoms with Crippen LogP contribution in [0, 0.1) is 11.8 Å². The van der Waals surface area contributed by atoms with Crippen LogP contribution in [0.5, 0.6) is 0 Å². The van der Waals surface area contributed by atoms with Gasteiger partial charge in [-0.2, -0.15) is 0 Å². The minimum atomic E-state index is 0.676. The Kier molecular flexibility index (Phi) is 5.12. The normalized spacial score (nSPS) is 17.2. The van der Waals surface area contributed by atoms with Crippen molar-refractivity contribution in [3.8, 4) is 0 Å². The molecule has 2 N–H and O–H groups in total. The molecule has 1 aromatic rings. The topological polar surface area (TPSA) is 29.3 Å². The van der Waals surface area contributed by atoms with E-state index in [0.29, 0.717) is 6.54 Å². The van der Waals surface area contributed by atoms with E-state index in [1.165, 1.54) is 24.1 Å². The smallest absolute Gasteiger partial charge is 0.0642 e. The number of hydrogen-bond donors (Lipinski definition) is 1. The first-order chi connectivity index (χ1) is 9.11. The van der Waals surface area contributed by atoms with Gasteiger partial charge in [-0.3, -0.25) is 0 Å². The highest BCUT2D eigenvalue weighted by molar-refractivity contribution is 6.33. The Morgan fingerprint density at radius 2 is 2.00 bits per heavy atom. The first-order valence-corrected chi connectivity index (χ1v) is 7.73. The van der Waals surface area contributed by atoms with E-state index in [4.69, 9.17) is 17.3 Å². The highest BCUT2D eigenvalue weighted by Crippen LogP contribution is 2.32. The second-order valence-electron chi connectivity index (χ2n) is 5.89. The highest BCUT2D eigenvalue weighted by atomic mass is 35.5. The number of halogens is 1. The summed E-state index contributed by atoms with van der Waals surface area (Å²) in [5.41, 5.74) is 8.00. The quantitative estimate of drug-likeness (QED) is 0.911. The molecule has 0 amide bonds. The number of anilines is 1. The molecule has 1 aromatic carbocycles. The van der Waals surface area contributed by atoms with Crippen LogP contribution in [-0.4, -0.2) is 19.6 Å². The lowest BCUT2D eigenvalue weighted by Crippen LogP contribution is -2.35. The molecular weight excluding hydrogens is 256 g/mol. The number of benzene rings is 1. The SMILES string of the molecule is CC(C)C1CCN(c2ccc(CCN)cc2Cl)CC1. The van der Waals surface area contributed by atoms with E-state index in [-0.39, 0.29) is 0 Å². The molecule has 1 saturated heterocycles. The van der Waals surface area contributed by atoms with Crippen LogP contribution in [-0.2, 0) is 6.42 Å². The minimum absolute atomic E-state index is 0.676. The largest absolute Gasteiger partial charge is 0.370 e. The summed E-state index contributed by atoms with van der Waals surface area (Å²) in [7, 11) is 0. The number of nitrogens with two attached hydrogens (primary N) is 1. The molecule has 1 aliphatic rings. The van der Waals surface area contributed by atoms with Crippen LogP contribution in [0.2, 0.25) is 5.02 Å². The fourth-order valence-corrected chi connectivity index (χ4v) is 3.26. The summed E-state index contributed by atoms with van der Waals surface area (Å²) < 4.78 is 0. The van der Waals surface area contributed by atoms with Gasteiger partial charge in [-0.25, -0.2) is 0 Å². The molecule has 0 saturated carbocycles. The van der Waals surface area contributed by atoms with Crippen LogP contribution in [0.1, 0.15) is 32.3 Å². The predicted molar refractivity (Wildman–Crippen MR) is 84.0 cm³/mol. The average molecular weight is 281 g/mol. The van der Waals surface area contributed by atoms with Gasteiger partial charge < -0.3 is 10.6 Å². The molecule has 1 heterocycles. The van der Waals surface area contributed by atoms with E-state index in [1.54, 1.807) is 0 Å². The van der Waals surface area contributed by atoms with Crippen molar-refractivity contribution in [1.29, 1.82) is 0 Å². The predicted octanol–water partition coefficient (Wildman–Crippen LogP) is 3.71. The van der Waals surface area contributed by atoms with Crippen molar-refractivity contribution in [2.75, 3.05) is 24.5 Å². The van der Waals surface area contributed by atoms with E-state index >= 15 is 0 Å². The minimum Gasteiger partial charge on any atom is -0.370 e. The maximum atomic E-state index is 6.41. The summed E-state index contributed by atoms with van der Waals surface area (Å²) in [6, 6.07) is 6.38. The fourth-order valence-electron chi connectivity index (χ4n) is 2.94. The zero-order chi connectivity index (χ0) is 13.8. The lowest BCUT2D eigenvalue weighted by Gasteiger charge is -2.35. The molecule has 0 spiro atoms. The van der Waals surface area contributed by atoms with Gasteiger partial charge >= 0.3 is 0 Å². The van der Waals surface area contributed by atoms with E-state index in [0.717, 1.165) is 36.4 Å². The Hall–Kier alpha value is -0.730. The van der Waals surface area contributed by atoms with Crippen molar-refractivity contribution in [2.45, 2.75) is 33.1 Å². The molecule has 19 heavy (non-hydrogen) atoms.